The van der Waals surface area contributed by atoms with Gasteiger partial charge in [-0.1, -0.05) is 76.2 Å². The predicted octanol–water partition coefficient (Wildman–Crippen LogP) is 11.1. The van der Waals surface area contributed by atoms with Gasteiger partial charge in [-0.15, -0.1) is 0 Å². The molecular weight excluding hydrogens is 741 g/mol. The van der Waals surface area contributed by atoms with Crippen molar-refractivity contribution in [2.45, 2.75) is 129 Å². The number of amides is 2. The van der Waals surface area contributed by atoms with Crippen LogP contribution in [0.1, 0.15) is 141 Å². The van der Waals surface area contributed by atoms with E-state index < -0.39 is 0 Å². The molecule has 60 heavy (non-hydrogen) atoms. The van der Waals surface area contributed by atoms with Crippen LogP contribution in [0.25, 0.3) is 33.6 Å². The first-order valence-electron chi connectivity index (χ1n) is 23.8. The van der Waals surface area contributed by atoms with Gasteiger partial charge in [-0.2, -0.15) is 0 Å². The van der Waals surface area contributed by atoms with Crippen LogP contribution in [-0.4, -0.2) is 44.8 Å². The Balaban J connectivity index is 0.737. The quantitative estimate of drug-likeness (QED) is 0.0957. The van der Waals surface area contributed by atoms with Gasteiger partial charge in [-0.25, -0.2) is 9.97 Å². The Hall–Kier alpha value is -4.20. The Labute approximate surface area is 357 Å². The van der Waals surface area contributed by atoms with Crippen molar-refractivity contribution in [1.82, 2.24) is 30.6 Å². The number of carbonyl (C=O) groups is 2. The van der Waals surface area contributed by atoms with Gasteiger partial charge in [0.15, 0.2) is 0 Å². The highest BCUT2D eigenvalue weighted by atomic mass is 16.2. The number of rotatable bonds is 15. The zero-order valence-electron chi connectivity index (χ0n) is 36.6. The van der Waals surface area contributed by atoms with Crippen molar-refractivity contribution in [3.05, 3.63) is 72.6 Å². The monoisotopic (exact) mass is 809 g/mol. The second-order valence-electron chi connectivity index (χ2n) is 22.0. The zero-order chi connectivity index (χ0) is 41.2. The van der Waals surface area contributed by atoms with E-state index in [0.29, 0.717) is 23.7 Å². The van der Waals surface area contributed by atoms with E-state index in [4.69, 9.17) is 9.97 Å². The molecule has 0 radical (unpaired) electrons. The van der Waals surface area contributed by atoms with Crippen LogP contribution in [0.4, 0.5) is 0 Å². The van der Waals surface area contributed by atoms with E-state index in [9.17, 15) is 9.59 Å². The summed E-state index contributed by atoms with van der Waals surface area (Å²) >= 11 is 0. The number of aromatic amines is 2. The van der Waals surface area contributed by atoms with Crippen molar-refractivity contribution in [3.8, 4) is 33.6 Å². The molecule has 2 amide bonds. The average Bonchev–Trinajstić information content (AvgIpc) is 3.91. The summed E-state index contributed by atoms with van der Waals surface area (Å²) in [4.78, 5) is 43.6. The Kier molecular flexibility index (Phi) is 10.6. The summed E-state index contributed by atoms with van der Waals surface area (Å²) in [6.45, 7) is 10.5. The second-order valence-corrected chi connectivity index (χ2v) is 22.0. The molecule has 2 heterocycles. The fourth-order valence-electron chi connectivity index (χ4n) is 14.5. The van der Waals surface area contributed by atoms with Crippen molar-refractivity contribution < 1.29 is 9.59 Å². The summed E-state index contributed by atoms with van der Waals surface area (Å²) in [5, 5.41) is 6.81. The number of H-pyrrole nitrogens is 2. The van der Waals surface area contributed by atoms with Gasteiger partial charge in [0, 0.05) is 37.8 Å². The van der Waals surface area contributed by atoms with Gasteiger partial charge in [-0.3, -0.25) is 9.59 Å². The van der Waals surface area contributed by atoms with Crippen molar-refractivity contribution in [2.75, 3.05) is 13.1 Å². The van der Waals surface area contributed by atoms with Crippen LogP contribution in [0, 0.1) is 58.2 Å². The van der Waals surface area contributed by atoms with Gasteiger partial charge in [0.25, 0.3) is 0 Å². The van der Waals surface area contributed by atoms with E-state index in [1.54, 1.807) is 0 Å². The lowest BCUT2D eigenvalue weighted by atomic mass is 9.49. The number of nitrogens with one attached hydrogen (secondary N) is 4. The maximum absolute atomic E-state index is 13.4. The maximum Gasteiger partial charge on any atom is 0.220 e. The first-order chi connectivity index (χ1) is 29.0. The van der Waals surface area contributed by atoms with Crippen LogP contribution in [0.3, 0.4) is 0 Å². The molecule has 8 heteroatoms. The Bertz CT molecular complexity index is 1940. The molecule has 8 aliphatic carbocycles. The molecule has 12 rings (SSSR count). The summed E-state index contributed by atoms with van der Waals surface area (Å²) < 4.78 is 0. The minimum Gasteiger partial charge on any atom is -0.356 e. The Morgan fingerprint density at radius 3 is 1.13 bits per heavy atom. The first-order valence-corrected chi connectivity index (χ1v) is 23.8. The molecule has 8 nitrogen and oxygen atoms in total. The van der Waals surface area contributed by atoms with Gasteiger partial charge in [-0.05, 0) is 157 Å². The van der Waals surface area contributed by atoms with Crippen LogP contribution in [-0.2, 0) is 9.59 Å². The maximum atomic E-state index is 13.4. The third kappa shape index (κ3) is 8.13. The van der Waals surface area contributed by atoms with E-state index in [1.165, 1.54) is 77.0 Å². The smallest absolute Gasteiger partial charge is 0.220 e. The first kappa shape index (κ1) is 39.9. The number of benzene rings is 2. The van der Waals surface area contributed by atoms with Crippen LogP contribution in [0.2, 0.25) is 0 Å². The number of hydrogen-bond acceptors (Lipinski definition) is 4. The number of hydrogen-bond donors (Lipinski definition) is 4. The van der Waals surface area contributed by atoms with E-state index in [1.807, 2.05) is 12.4 Å². The third-order valence-corrected chi connectivity index (χ3v) is 16.7. The number of imidazole rings is 2. The summed E-state index contributed by atoms with van der Waals surface area (Å²) in [5.41, 5.74) is 7.08. The minimum atomic E-state index is 0.0375. The molecule has 2 atom stereocenters. The van der Waals surface area contributed by atoms with Crippen molar-refractivity contribution in [1.29, 1.82) is 0 Å². The molecule has 8 bridgehead atoms. The van der Waals surface area contributed by atoms with Crippen molar-refractivity contribution in [2.24, 2.45) is 58.2 Å². The van der Waals surface area contributed by atoms with E-state index >= 15 is 0 Å². The Morgan fingerprint density at radius 2 is 0.833 bits per heavy atom. The molecule has 0 spiro atoms. The molecule has 8 aliphatic rings. The molecule has 0 unspecified atom stereocenters. The SMILES string of the molecule is CC(C)[C@H](CC(=O)NCC12CC3CC(CC(C3)C1)C2)c1ncc(-c2ccc(-c3ccc(-c4cnc([C@@H](CC(=O)NCC56CC7CC(CC(C7)C5)C6)C(C)C)[nH]4)cc3)cc2)[nH]1. The van der Waals surface area contributed by atoms with Crippen molar-refractivity contribution >= 4 is 11.8 Å². The lowest BCUT2D eigenvalue weighted by Crippen LogP contribution is -2.51. The van der Waals surface area contributed by atoms with E-state index in [0.717, 1.165) is 93.9 Å². The molecule has 4 aromatic rings. The highest BCUT2D eigenvalue weighted by Crippen LogP contribution is 2.61. The lowest BCUT2D eigenvalue weighted by Gasteiger charge is -2.57. The fraction of sp³-hybridized carbons (Fsp3) is 0.615. The highest BCUT2D eigenvalue weighted by Gasteiger charge is 2.52. The molecule has 318 valence electrons. The molecule has 0 saturated heterocycles. The van der Waals surface area contributed by atoms with Crippen LogP contribution in [0.5, 0.6) is 0 Å². The fourth-order valence-corrected chi connectivity index (χ4v) is 14.5. The molecule has 2 aromatic heterocycles. The number of carbonyl (C=O) groups excluding carboxylic acids is 2. The third-order valence-electron chi connectivity index (χ3n) is 16.7. The molecule has 8 fully saturated rings. The number of nitrogens with zero attached hydrogens (tertiary/aromatic N) is 2. The summed E-state index contributed by atoms with van der Waals surface area (Å²) in [7, 11) is 0. The molecular formula is C52H68N6O2. The molecule has 2 aromatic carbocycles. The standard InChI is InChI=1S/C52H68N6O2/c1-31(2)43(19-47(59)55-29-51-21-33-13-34(22-51)15-35(14-33)23-51)49-53-27-45(57-49)41-9-5-39(6-10-41)40-7-11-42(12-8-40)46-28-54-50(58-46)44(32(3)4)20-48(60)56-30-52-24-36-16-37(25-52)18-38(17-36)26-52/h5-12,27-28,31-38,43-44H,13-26,29-30H2,1-4H3,(H,53,57)(H,54,58)(H,55,59)(H,56,60)/t33?,34?,35?,36?,37?,38?,43-,44-,51?,52?/m0/s1. The van der Waals surface area contributed by atoms with Gasteiger partial charge < -0.3 is 20.6 Å². The summed E-state index contributed by atoms with van der Waals surface area (Å²) in [6, 6.07) is 17.3. The summed E-state index contributed by atoms with van der Waals surface area (Å²) in [5.74, 6) is 8.12. The van der Waals surface area contributed by atoms with Crippen LogP contribution >= 0.6 is 0 Å². The van der Waals surface area contributed by atoms with E-state index in [2.05, 4.69) is 96.8 Å². The van der Waals surface area contributed by atoms with Crippen LogP contribution in [0.15, 0.2) is 60.9 Å². The number of aromatic nitrogens is 4. The molecule has 4 N–H and O–H groups in total. The average molecular weight is 809 g/mol. The topological polar surface area (TPSA) is 116 Å². The normalized spacial score (nSPS) is 30.9. The molecule has 0 aliphatic heterocycles. The van der Waals surface area contributed by atoms with Gasteiger partial charge in [0.2, 0.25) is 11.8 Å². The van der Waals surface area contributed by atoms with Gasteiger partial charge >= 0.3 is 0 Å². The van der Waals surface area contributed by atoms with Gasteiger partial charge in [0.05, 0.1) is 23.8 Å². The largest absolute Gasteiger partial charge is 0.356 e. The lowest BCUT2D eigenvalue weighted by molar-refractivity contribution is -0.124. The van der Waals surface area contributed by atoms with Crippen molar-refractivity contribution in [3.63, 3.8) is 0 Å². The van der Waals surface area contributed by atoms with E-state index in [-0.39, 0.29) is 35.5 Å². The van der Waals surface area contributed by atoms with Gasteiger partial charge in [0.1, 0.15) is 11.6 Å². The summed E-state index contributed by atoms with van der Waals surface area (Å²) in [6.07, 6.45) is 21.2. The molecule has 8 saturated carbocycles. The Morgan fingerprint density at radius 1 is 0.533 bits per heavy atom. The minimum absolute atomic E-state index is 0.0375. The van der Waals surface area contributed by atoms with Crippen LogP contribution < -0.4 is 10.6 Å². The highest BCUT2D eigenvalue weighted by molar-refractivity contribution is 5.77. The second kappa shape index (κ2) is 15.9. The predicted molar refractivity (Wildman–Crippen MR) is 239 cm³/mol. The zero-order valence-corrected chi connectivity index (χ0v) is 36.6.